The lowest BCUT2D eigenvalue weighted by molar-refractivity contribution is 0.282. The zero-order chi connectivity index (χ0) is 15.8. The number of nitrogens with one attached hydrogen (secondary N) is 1. The Morgan fingerprint density at radius 2 is 1.95 bits per heavy atom. The Kier molecular flexibility index (Phi) is 6.49. The van der Waals surface area contributed by atoms with E-state index in [0.29, 0.717) is 6.61 Å². The SMILES string of the molecule is C=CCNCc1cc(Br)c(OCc2ccccc2)c(OC)c1. The van der Waals surface area contributed by atoms with Gasteiger partial charge in [-0.25, -0.2) is 0 Å². The first-order valence-corrected chi connectivity index (χ1v) is 7.88. The van der Waals surface area contributed by atoms with E-state index in [1.165, 1.54) is 0 Å². The second-order valence-electron chi connectivity index (χ2n) is 4.80. The first kappa shape index (κ1) is 16.6. The molecule has 0 amide bonds. The molecule has 0 unspecified atom stereocenters. The smallest absolute Gasteiger partial charge is 0.175 e. The molecule has 0 aliphatic carbocycles. The highest BCUT2D eigenvalue weighted by atomic mass is 79.9. The third kappa shape index (κ3) is 4.61. The van der Waals surface area contributed by atoms with E-state index in [9.17, 15) is 0 Å². The van der Waals surface area contributed by atoms with E-state index in [1.54, 1.807) is 7.11 Å². The molecule has 2 aromatic rings. The van der Waals surface area contributed by atoms with Gasteiger partial charge < -0.3 is 14.8 Å². The molecule has 4 heteroatoms. The summed E-state index contributed by atoms with van der Waals surface area (Å²) in [6.45, 7) is 5.72. The van der Waals surface area contributed by atoms with Crippen molar-refractivity contribution in [3.05, 3.63) is 70.7 Å². The molecule has 0 aliphatic rings. The Balaban J connectivity index is 2.11. The quantitative estimate of drug-likeness (QED) is 0.561. The molecule has 0 bridgehead atoms. The van der Waals surface area contributed by atoms with Crippen LogP contribution in [0.2, 0.25) is 0 Å². The van der Waals surface area contributed by atoms with Crippen molar-refractivity contribution < 1.29 is 9.47 Å². The number of rotatable bonds is 8. The van der Waals surface area contributed by atoms with Crippen molar-refractivity contribution in [2.75, 3.05) is 13.7 Å². The highest BCUT2D eigenvalue weighted by Gasteiger charge is 2.11. The van der Waals surface area contributed by atoms with Gasteiger partial charge in [0.1, 0.15) is 6.61 Å². The molecule has 0 saturated heterocycles. The first-order chi connectivity index (χ1) is 10.7. The second kappa shape index (κ2) is 8.61. The van der Waals surface area contributed by atoms with Crippen LogP contribution in [0, 0.1) is 0 Å². The number of methoxy groups -OCH3 is 1. The molecule has 116 valence electrons. The molecule has 0 heterocycles. The zero-order valence-corrected chi connectivity index (χ0v) is 14.2. The van der Waals surface area contributed by atoms with E-state index in [0.717, 1.165) is 40.2 Å². The van der Waals surface area contributed by atoms with Crippen molar-refractivity contribution in [1.29, 1.82) is 0 Å². The molecule has 2 aromatic carbocycles. The van der Waals surface area contributed by atoms with Gasteiger partial charge in [-0.2, -0.15) is 0 Å². The topological polar surface area (TPSA) is 30.5 Å². The standard InChI is InChI=1S/C18H20BrNO2/c1-3-9-20-12-15-10-16(19)18(17(11-15)21-2)22-13-14-7-5-4-6-8-14/h3-8,10-11,20H,1,9,12-13H2,2H3. The van der Waals surface area contributed by atoms with Crippen LogP contribution in [0.1, 0.15) is 11.1 Å². The Morgan fingerprint density at radius 3 is 2.64 bits per heavy atom. The van der Waals surface area contributed by atoms with Crippen LogP contribution in [-0.4, -0.2) is 13.7 Å². The van der Waals surface area contributed by atoms with Gasteiger partial charge in [0.25, 0.3) is 0 Å². The van der Waals surface area contributed by atoms with Crippen LogP contribution in [-0.2, 0) is 13.2 Å². The summed E-state index contributed by atoms with van der Waals surface area (Å²) in [5.74, 6) is 1.44. The summed E-state index contributed by atoms with van der Waals surface area (Å²) in [6, 6.07) is 14.1. The van der Waals surface area contributed by atoms with Crippen molar-refractivity contribution in [3.8, 4) is 11.5 Å². The predicted octanol–water partition coefficient (Wildman–Crippen LogP) is 4.31. The van der Waals surface area contributed by atoms with Crippen LogP contribution >= 0.6 is 15.9 Å². The van der Waals surface area contributed by atoms with Gasteiger partial charge in [-0.1, -0.05) is 36.4 Å². The fraction of sp³-hybridized carbons (Fsp3) is 0.222. The van der Waals surface area contributed by atoms with Gasteiger partial charge in [-0.05, 0) is 39.2 Å². The molecule has 2 rings (SSSR count). The summed E-state index contributed by atoms with van der Waals surface area (Å²) in [5, 5.41) is 3.27. The minimum atomic E-state index is 0.504. The largest absolute Gasteiger partial charge is 0.493 e. The van der Waals surface area contributed by atoms with Gasteiger partial charge in [0.15, 0.2) is 11.5 Å². The van der Waals surface area contributed by atoms with Crippen LogP contribution in [0.4, 0.5) is 0 Å². The molecule has 1 N–H and O–H groups in total. The highest BCUT2D eigenvalue weighted by molar-refractivity contribution is 9.10. The molecule has 0 aliphatic heterocycles. The average Bonchev–Trinajstić information content (AvgIpc) is 2.54. The molecule has 0 saturated carbocycles. The van der Waals surface area contributed by atoms with Crippen molar-refractivity contribution in [2.45, 2.75) is 13.2 Å². The molecular formula is C18H20BrNO2. The lowest BCUT2D eigenvalue weighted by Gasteiger charge is -2.14. The highest BCUT2D eigenvalue weighted by Crippen LogP contribution is 2.37. The number of halogens is 1. The lowest BCUT2D eigenvalue weighted by atomic mass is 10.2. The second-order valence-corrected chi connectivity index (χ2v) is 5.66. The van der Waals surface area contributed by atoms with Gasteiger partial charge in [-0.15, -0.1) is 6.58 Å². The molecule has 0 spiro atoms. The minimum Gasteiger partial charge on any atom is -0.493 e. The Hall–Kier alpha value is -1.78. The molecule has 22 heavy (non-hydrogen) atoms. The van der Waals surface area contributed by atoms with Gasteiger partial charge in [0.05, 0.1) is 11.6 Å². The minimum absolute atomic E-state index is 0.504. The number of ether oxygens (including phenoxy) is 2. The monoisotopic (exact) mass is 361 g/mol. The van der Waals surface area contributed by atoms with Crippen molar-refractivity contribution in [3.63, 3.8) is 0 Å². The van der Waals surface area contributed by atoms with E-state index in [1.807, 2.05) is 48.5 Å². The van der Waals surface area contributed by atoms with E-state index >= 15 is 0 Å². The Labute approximate surface area is 140 Å². The fourth-order valence-electron chi connectivity index (χ4n) is 2.06. The first-order valence-electron chi connectivity index (χ1n) is 7.09. The lowest BCUT2D eigenvalue weighted by Crippen LogP contribution is -2.12. The van der Waals surface area contributed by atoms with Crippen LogP contribution in [0.25, 0.3) is 0 Å². The maximum atomic E-state index is 5.92. The van der Waals surface area contributed by atoms with Crippen LogP contribution < -0.4 is 14.8 Å². The van der Waals surface area contributed by atoms with E-state index in [2.05, 4.69) is 27.8 Å². The summed E-state index contributed by atoms with van der Waals surface area (Å²) in [5.41, 5.74) is 2.24. The summed E-state index contributed by atoms with van der Waals surface area (Å²) >= 11 is 3.57. The van der Waals surface area contributed by atoms with Gasteiger partial charge in [0.2, 0.25) is 0 Å². The van der Waals surface area contributed by atoms with Gasteiger partial charge >= 0.3 is 0 Å². The zero-order valence-electron chi connectivity index (χ0n) is 12.6. The van der Waals surface area contributed by atoms with Crippen LogP contribution in [0.5, 0.6) is 11.5 Å². The predicted molar refractivity (Wildman–Crippen MR) is 93.4 cm³/mol. The van der Waals surface area contributed by atoms with Crippen molar-refractivity contribution in [1.82, 2.24) is 5.32 Å². The summed E-state index contributed by atoms with van der Waals surface area (Å²) in [4.78, 5) is 0. The number of hydrogen-bond acceptors (Lipinski definition) is 3. The van der Waals surface area contributed by atoms with Gasteiger partial charge in [0, 0.05) is 13.1 Å². The molecule has 0 radical (unpaired) electrons. The molecule has 3 nitrogen and oxygen atoms in total. The number of hydrogen-bond donors (Lipinski definition) is 1. The molecule has 0 fully saturated rings. The van der Waals surface area contributed by atoms with Crippen LogP contribution in [0.15, 0.2) is 59.6 Å². The van der Waals surface area contributed by atoms with Crippen molar-refractivity contribution >= 4 is 15.9 Å². The third-order valence-corrected chi connectivity index (χ3v) is 3.72. The Bertz CT molecular complexity index is 614. The maximum Gasteiger partial charge on any atom is 0.175 e. The van der Waals surface area contributed by atoms with Gasteiger partial charge in [-0.3, -0.25) is 0 Å². The number of benzene rings is 2. The summed E-state index contributed by atoms with van der Waals surface area (Å²) in [7, 11) is 1.65. The van der Waals surface area contributed by atoms with E-state index in [4.69, 9.17) is 9.47 Å². The summed E-state index contributed by atoms with van der Waals surface area (Å²) in [6.07, 6.45) is 1.84. The third-order valence-electron chi connectivity index (χ3n) is 3.13. The maximum absolute atomic E-state index is 5.92. The normalized spacial score (nSPS) is 10.3. The average molecular weight is 362 g/mol. The molecule has 0 atom stereocenters. The van der Waals surface area contributed by atoms with Crippen LogP contribution in [0.3, 0.4) is 0 Å². The van der Waals surface area contributed by atoms with E-state index < -0.39 is 0 Å². The Morgan fingerprint density at radius 1 is 1.18 bits per heavy atom. The molecular weight excluding hydrogens is 342 g/mol. The van der Waals surface area contributed by atoms with E-state index in [-0.39, 0.29) is 0 Å². The summed E-state index contributed by atoms with van der Waals surface area (Å²) < 4.78 is 12.3. The fourth-order valence-corrected chi connectivity index (χ4v) is 2.67. The van der Waals surface area contributed by atoms with Crippen molar-refractivity contribution in [2.24, 2.45) is 0 Å². The molecule has 0 aromatic heterocycles.